The van der Waals surface area contributed by atoms with E-state index in [0.29, 0.717) is 0 Å². The van der Waals surface area contributed by atoms with E-state index < -0.39 is 12.1 Å². The number of carbonyl (C=O) groups excluding carboxylic acids is 2. The number of carbonyl (C=O) groups is 2. The van der Waals surface area contributed by atoms with Crippen molar-refractivity contribution in [2.24, 2.45) is 11.5 Å². The van der Waals surface area contributed by atoms with Gasteiger partial charge in [0.15, 0.2) is 0 Å². The minimum absolute atomic E-state index is 0.0294. The van der Waals surface area contributed by atoms with Crippen LogP contribution in [0.5, 0.6) is 0 Å². The molecule has 3 heterocycles. The van der Waals surface area contributed by atoms with Crippen LogP contribution in [0.1, 0.15) is 34.5 Å². The highest BCUT2D eigenvalue weighted by molar-refractivity contribution is 6.05. The van der Waals surface area contributed by atoms with E-state index in [0.717, 1.165) is 45.0 Å². The average molecular weight is 489 g/mol. The molecule has 0 spiro atoms. The molecule has 4 aromatic carbocycles. The van der Waals surface area contributed by atoms with Gasteiger partial charge in [-0.25, -0.2) is 9.59 Å². The van der Waals surface area contributed by atoms with Crippen molar-refractivity contribution in [3.63, 3.8) is 0 Å². The minimum Gasteiger partial charge on any atom is -0.359 e. The Morgan fingerprint density at radius 3 is 1.32 bits per heavy atom. The second kappa shape index (κ2) is 8.96. The van der Waals surface area contributed by atoms with Crippen molar-refractivity contribution in [3.8, 4) is 0 Å². The van der Waals surface area contributed by atoms with Gasteiger partial charge in [0.2, 0.25) is 0 Å². The van der Waals surface area contributed by atoms with Gasteiger partial charge in [-0.3, -0.25) is 9.80 Å². The Kier molecular flexibility index (Phi) is 5.47. The van der Waals surface area contributed by atoms with Crippen molar-refractivity contribution >= 4 is 47.0 Å². The third-order valence-electron chi connectivity index (χ3n) is 6.70. The first-order valence-corrected chi connectivity index (χ1v) is 11.9. The fourth-order valence-electron chi connectivity index (χ4n) is 5.03. The highest BCUT2D eigenvalue weighted by Crippen LogP contribution is 2.58. The number of ether oxygens (including phenoxy) is 1. The van der Waals surface area contributed by atoms with Gasteiger partial charge >= 0.3 is 12.1 Å². The maximum absolute atomic E-state index is 11.9. The van der Waals surface area contributed by atoms with Gasteiger partial charge < -0.3 is 16.2 Å². The predicted molar refractivity (Wildman–Crippen MR) is 145 cm³/mol. The summed E-state index contributed by atoms with van der Waals surface area (Å²) in [5.74, 6) is 0. The molecule has 7 heteroatoms. The van der Waals surface area contributed by atoms with Crippen molar-refractivity contribution in [1.29, 1.82) is 0 Å². The quantitative estimate of drug-likeness (QED) is 0.279. The van der Waals surface area contributed by atoms with E-state index in [1.807, 2.05) is 109 Å². The molecule has 1 fully saturated rings. The Hall–Kier alpha value is -4.88. The Labute approximate surface area is 214 Å². The molecular formula is C30H24N4O3. The van der Waals surface area contributed by atoms with E-state index in [4.69, 9.17) is 16.2 Å². The summed E-state index contributed by atoms with van der Waals surface area (Å²) >= 11 is 0. The maximum Gasteiger partial charge on any atom is 0.323 e. The number of hydrogen-bond acceptors (Lipinski definition) is 3. The second-order valence-electron chi connectivity index (χ2n) is 8.89. The second-order valence-corrected chi connectivity index (χ2v) is 8.89. The van der Waals surface area contributed by atoms with Crippen molar-refractivity contribution in [1.82, 2.24) is 0 Å². The first-order valence-electron chi connectivity index (χ1n) is 11.9. The summed E-state index contributed by atoms with van der Waals surface area (Å²) in [7, 11) is 0. The molecule has 2 unspecified atom stereocenters. The molecule has 4 aromatic rings. The molecule has 4 amide bonds. The van der Waals surface area contributed by atoms with E-state index in [9.17, 15) is 9.59 Å². The molecule has 3 aliphatic rings. The number of benzene rings is 4. The molecule has 0 saturated carbocycles. The van der Waals surface area contributed by atoms with Crippen molar-refractivity contribution in [2.45, 2.75) is 12.2 Å². The van der Waals surface area contributed by atoms with Gasteiger partial charge in [0.1, 0.15) is 12.2 Å². The van der Waals surface area contributed by atoms with Crippen LogP contribution in [0.15, 0.2) is 97.1 Å². The van der Waals surface area contributed by atoms with E-state index in [-0.39, 0.29) is 12.2 Å². The van der Waals surface area contributed by atoms with Crippen LogP contribution < -0.4 is 21.3 Å². The van der Waals surface area contributed by atoms with Crippen LogP contribution >= 0.6 is 0 Å². The van der Waals surface area contributed by atoms with E-state index in [1.165, 1.54) is 0 Å². The highest BCUT2D eigenvalue weighted by Gasteiger charge is 2.47. The van der Waals surface area contributed by atoms with Crippen LogP contribution in [0, 0.1) is 0 Å². The summed E-state index contributed by atoms with van der Waals surface area (Å²) in [6, 6.07) is 30.0. The number of rotatable bonds is 0. The molecule has 7 nitrogen and oxygen atoms in total. The largest absolute Gasteiger partial charge is 0.359 e. The highest BCUT2D eigenvalue weighted by atomic mass is 16.6. The molecule has 1 saturated heterocycles. The molecule has 0 aliphatic carbocycles. The zero-order valence-corrected chi connectivity index (χ0v) is 19.8. The molecule has 0 aromatic heterocycles. The predicted octanol–water partition coefficient (Wildman–Crippen LogP) is 6.42. The lowest BCUT2D eigenvalue weighted by molar-refractivity contribution is 0.255. The topological polar surface area (TPSA) is 105 Å². The average Bonchev–Trinajstić information content (AvgIpc) is 3.72. The van der Waals surface area contributed by atoms with Crippen LogP contribution in [0.4, 0.5) is 32.3 Å². The summed E-state index contributed by atoms with van der Waals surface area (Å²) in [6.45, 7) is 0. The van der Waals surface area contributed by atoms with Gasteiger partial charge in [0.05, 0.1) is 22.7 Å². The molecular weight excluding hydrogens is 464 g/mol. The number of amides is 4. The number of fused-ring (bicyclic) bond motifs is 7. The Morgan fingerprint density at radius 2 is 0.892 bits per heavy atom. The van der Waals surface area contributed by atoms with Gasteiger partial charge in [-0.15, -0.1) is 0 Å². The Morgan fingerprint density at radius 1 is 0.541 bits per heavy atom. The van der Waals surface area contributed by atoms with Gasteiger partial charge in [-0.2, -0.15) is 0 Å². The van der Waals surface area contributed by atoms with Crippen LogP contribution in [0.3, 0.4) is 0 Å². The summed E-state index contributed by atoms with van der Waals surface area (Å²) in [6.07, 6.45) is 4.05. The molecule has 4 N–H and O–H groups in total. The van der Waals surface area contributed by atoms with Crippen LogP contribution in [-0.2, 0) is 4.74 Å². The fraction of sp³-hybridized carbons (Fsp3) is 0.0667. The number of primary amides is 2. The number of epoxide rings is 1. The van der Waals surface area contributed by atoms with E-state index >= 15 is 0 Å². The lowest BCUT2D eigenvalue weighted by Gasteiger charge is -2.23. The van der Waals surface area contributed by atoms with Crippen molar-refractivity contribution in [2.75, 3.05) is 9.80 Å². The molecule has 3 aliphatic heterocycles. The SMILES string of the molecule is NC(=O)N1c2ccccc2C2OC2c2ccccc21.NC(=O)N1c2ccccc2C=Cc2ccccc21. The summed E-state index contributed by atoms with van der Waals surface area (Å²) in [5, 5.41) is 0. The zero-order chi connectivity index (χ0) is 25.5. The summed E-state index contributed by atoms with van der Waals surface area (Å²) in [5.41, 5.74) is 18.3. The smallest absolute Gasteiger partial charge is 0.323 e. The molecule has 0 radical (unpaired) electrons. The number of nitrogens with zero attached hydrogens (tertiary/aromatic N) is 2. The Bertz CT molecular complexity index is 1460. The summed E-state index contributed by atoms with van der Waals surface area (Å²) in [4.78, 5) is 26.7. The number of anilines is 4. The fourth-order valence-corrected chi connectivity index (χ4v) is 5.03. The third-order valence-corrected chi connectivity index (χ3v) is 6.70. The van der Waals surface area contributed by atoms with Gasteiger partial charge in [-0.1, -0.05) is 84.9 Å². The molecule has 0 bridgehead atoms. The van der Waals surface area contributed by atoms with E-state index in [1.54, 1.807) is 9.80 Å². The van der Waals surface area contributed by atoms with Crippen LogP contribution in [-0.4, -0.2) is 12.1 Å². The summed E-state index contributed by atoms with van der Waals surface area (Å²) < 4.78 is 5.76. The lowest BCUT2D eigenvalue weighted by Crippen LogP contribution is -2.32. The number of nitrogens with two attached hydrogens (primary N) is 2. The molecule has 37 heavy (non-hydrogen) atoms. The zero-order valence-electron chi connectivity index (χ0n) is 19.8. The monoisotopic (exact) mass is 488 g/mol. The first-order chi connectivity index (χ1) is 18.0. The number of urea groups is 2. The molecule has 182 valence electrons. The van der Waals surface area contributed by atoms with Gasteiger partial charge in [0, 0.05) is 11.1 Å². The van der Waals surface area contributed by atoms with Crippen LogP contribution in [0.25, 0.3) is 12.2 Å². The van der Waals surface area contributed by atoms with Gasteiger partial charge in [-0.05, 0) is 35.4 Å². The maximum atomic E-state index is 11.9. The normalized spacial score (nSPS) is 17.8. The van der Waals surface area contributed by atoms with Crippen molar-refractivity contribution in [3.05, 3.63) is 119 Å². The minimum atomic E-state index is -0.474. The Balaban J connectivity index is 0.000000136. The van der Waals surface area contributed by atoms with Crippen LogP contribution in [0.2, 0.25) is 0 Å². The lowest BCUT2D eigenvalue weighted by atomic mass is 10.0. The standard InChI is InChI=1S/C15H12N2O2.C15H12N2O/c16-15(18)17-11-7-3-1-5-9(11)13-14(19-13)10-6-2-4-8-12(10)17;16-15(18)17-13-7-3-1-5-11(13)9-10-12-6-2-4-8-14(12)17/h1-8,13-14H,(H2,16,18);1-10H,(H2,16,18). The number of para-hydroxylation sites is 4. The third kappa shape index (κ3) is 3.91. The molecule has 7 rings (SSSR count). The number of hydrogen-bond donors (Lipinski definition) is 2. The van der Waals surface area contributed by atoms with Gasteiger partial charge in [0.25, 0.3) is 0 Å². The first kappa shape index (κ1) is 22.6. The van der Waals surface area contributed by atoms with Crippen molar-refractivity contribution < 1.29 is 14.3 Å². The van der Waals surface area contributed by atoms with E-state index in [2.05, 4.69) is 0 Å². The molecule has 2 atom stereocenters.